The average Bonchev–Trinajstić information content (AvgIpc) is 2.54. The van der Waals surface area contributed by atoms with Gasteiger partial charge in [0.2, 0.25) is 0 Å². The lowest BCUT2D eigenvalue weighted by Crippen LogP contribution is -2.25. The molecule has 0 radical (unpaired) electrons. The van der Waals surface area contributed by atoms with Crippen LogP contribution in [0.3, 0.4) is 0 Å². The highest BCUT2D eigenvalue weighted by atomic mass is 16.5. The van der Waals surface area contributed by atoms with Gasteiger partial charge in [0, 0.05) is 0 Å². The third-order valence-electron chi connectivity index (χ3n) is 3.93. The van der Waals surface area contributed by atoms with Gasteiger partial charge in [-0.1, -0.05) is 37.5 Å². The largest absolute Gasteiger partial charge is 0.493 e. The molecule has 1 heterocycles. The van der Waals surface area contributed by atoms with Gasteiger partial charge in [0.15, 0.2) is 0 Å². The molecule has 2 atom stereocenters. The van der Waals surface area contributed by atoms with E-state index in [0.717, 1.165) is 24.2 Å². The molecule has 2 unspecified atom stereocenters. The molecule has 1 aliphatic heterocycles. The third kappa shape index (κ3) is 1.64. The maximum absolute atomic E-state index is 5.85. The lowest BCUT2D eigenvalue weighted by molar-refractivity contribution is 0.186. The van der Waals surface area contributed by atoms with Crippen LogP contribution in [0.5, 0.6) is 5.75 Å². The topological polar surface area (TPSA) is 9.23 Å². The lowest BCUT2D eigenvalue weighted by atomic mass is 9.81. The summed E-state index contributed by atoms with van der Waals surface area (Å²) in [6.07, 6.45) is 6.93. The predicted molar refractivity (Wildman–Crippen MR) is 61.3 cm³/mol. The molecule has 1 heteroatoms. The highest BCUT2D eigenvalue weighted by molar-refractivity contribution is 5.38. The van der Waals surface area contributed by atoms with Crippen molar-refractivity contribution in [3.05, 3.63) is 29.8 Å². The third-order valence-corrected chi connectivity index (χ3v) is 3.93. The Morgan fingerprint density at radius 3 is 2.87 bits per heavy atom. The quantitative estimate of drug-likeness (QED) is 0.622. The van der Waals surface area contributed by atoms with E-state index in [2.05, 4.69) is 24.3 Å². The first-order valence-electron chi connectivity index (χ1n) is 6.17. The fourth-order valence-corrected chi connectivity index (χ4v) is 3.11. The summed E-state index contributed by atoms with van der Waals surface area (Å²) in [5, 5.41) is 0. The van der Waals surface area contributed by atoms with E-state index in [0.29, 0.717) is 0 Å². The highest BCUT2D eigenvalue weighted by Gasteiger charge is 2.31. The Morgan fingerprint density at radius 2 is 1.87 bits per heavy atom. The lowest BCUT2D eigenvalue weighted by Gasteiger charge is -2.32. The Hall–Kier alpha value is -0.980. The Morgan fingerprint density at radius 1 is 1.00 bits per heavy atom. The molecule has 0 spiro atoms. The summed E-state index contributed by atoms with van der Waals surface area (Å²) in [5.74, 6) is 2.69. The van der Waals surface area contributed by atoms with E-state index in [4.69, 9.17) is 4.74 Å². The van der Waals surface area contributed by atoms with Crippen LogP contribution in [-0.4, -0.2) is 6.61 Å². The zero-order valence-corrected chi connectivity index (χ0v) is 9.11. The molecule has 2 aliphatic rings. The standard InChI is InChI=1S/C14H18O/c1-2-6-11-10-15-14-9-5-4-8-13(14)12(11)7-3-1/h4-5,8-9,11-12H,1-3,6-7,10H2. The number of rotatable bonds is 0. The molecule has 0 saturated heterocycles. The molecule has 1 nitrogen and oxygen atoms in total. The van der Waals surface area contributed by atoms with Crippen LogP contribution in [-0.2, 0) is 0 Å². The molecule has 0 bridgehead atoms. The van der Waals surface area contributed by atoms with Gasteiger partial charge in [0.25, 0.3) is 0 Å². The van der Waals surface area contributed by atoms with Crippen molar-refractivity contribution >= 4 is 0 Å². The monoisotopic (exact) mass is 202 g/mol. The molecule has 0 N–H and O–H groups in total. The van der Waals surface area contributed by atoms with E-state index >= 15 is 0 Å². The number of fused-ring (bicyclic) bond motifs is 3. The molecule has 1 aromatic carbocycles. The fourth-order valence-electron chi connectivity index (χ4n) is 3.11. The van der Waals surface area contributed by atoms with Crippen LogP contribution in [0.4, 0.5) is 0 Å². The molecule has 0 amide bonds. The second-order valence-electron chi connectivity index (χ2n) is 4.85. The SMILES string of the molecule is c1ccc2c(c1)OCC1CCCCCC21. The molecule has 1 aliphatic carbocycles. The van der Waals surface area contributed by atoms with Crippen LogP contribution in [0.25, 0.3) is 0 Å². The molecule has 3 rings (SSSR count). The minimum atomic E-state index is 0.775. The summed E-state index contributed by atoms with van der Waals surface area (Å²) >= 11 is 0. The van der Waals surface area contributed by atoms with Crippen LogP contribution >= 0.6 is 0 Å². The van der Waals surface area contributed by atoms with Gasteiger partial charge < -0.3 is 4.74 Å². The van der Waals surface area contributed by atoms with Crippen LogP contribution < -0.4 is 4.74 Å². The zero-order chi connectivity index (χ0) is 10.1. The predicted octanol–water partition coefficient (Wildman–Crippen LogP) is 3.74. The second kappa shape index (κ2) is 3.88. The van der Waals surface area contributed by atoms with Crippen molar-refractivity contribution in [3.8, 4) is 5.75 Å². The van der Waals surface area contributed by atoms with Crippen molar-refractivity contribution in [2.24, 2.45) is 5.92 Å². The summed E-state index contributed by atoms with van der Waals surface area (Å²) in [5.41, 5.74) is 1.47. The van der Waals surface area contributed by atoms with E-state index in [1.807, 2.05) is 0 Å². The number of benzene rings is 1. The summed E-state index contributed by atoms with van der Waals surface area (Å²) in [4.78, 5) is 0. The Kier molecular flexibility index (Phi) is 2.40. The minimum absolute atomic E-state index is 0.775. The van der Waals surface area contributed by atoms with Gasteiger partial charge in [0.1, 0.15) is 5.75 Å². The summed E-state index contributed by atoms with van der Waals surface area (Å²) in [7, 11) is 0. The van der Waals surface area contributed by atoms with Gasteiger partial charge >= 0.3 is 0 Å². The molecule has 1 aromatic rings. The van der Waals surface area contributed by atoms with E-state index < -0.39 is 0 Å². The van der Waals surface area contributed by atoms with Crippen molar-refractivity contribution in [2.75, 3.05) is 6.61 Å². The fraction of sp³-hybridized carbons (Fsp3) is 0.571. The summed E-state index contributed by atoms with van der Waals surface area (Å²) in [6.45, 7) is 0.946. The minimum Gasteiger partial charge on any atom is -0.493 e. The normalized spacial score (nSPS) is 29.6. The Balaban J connectivity index is 1.96. The molecule has 1 fully saturated rings. The van der Waals surface area contributed by atoms with Crippen molar-refractivity contribution in [1.82, 2.24) is 0 Å². The van der Waals surface area contributed by atoms with Crippen LogP contribution in [0, 0.1) is 5.92 Å². The zero-order valence-electron chi connectivity index (χ0n) is 9.11. The van der Waals surface area contributed by atoms with Gasteiger partial charge in [-0.15, -0.1) is 0 Å². The Bertz CT molecular complexity index is 345. The van der Waals surface area contributed by atoms with Crippen molar-refractivity contribution < 1.29 is 4.74 Å². The molecule has 1 saturated carbocycles. The molecular formula is C14H18O. The van der Waals surface area contributed by atoms with Crippen LogP contribution in [0.15, 0.2) is 24.3 Å². The number of para-hydroxylation sites is 1. The second-order valence-corrected chi connectivity index (χ2v) is 4.85. The van der Waals surface area contributed by atoms with Crippen LogP contribution in [0.1, 0.15) is 43.6 Å². The summed E-state index contributed by atoms with van der Waals surface area (Å²) in [6, 6.07) is 8.61. The van der Waals surface area contributed by atoms with E-state index in [-0.39, 0.29) is 0 Å². The van der Waals surface area contributed by atoms with Crippen molar-refractivity contribution in [3.63, 3.8) is 0 Å². The molecule has 0 aromatic heterocycles. The van der Waals surface area contributed by atoms with Crippen molar-refractivity contribution in [1.29, 1.82) is 0 Å². The Labute approximate surface area is 91.5 Å². The number of hydrogen-bond acceptors (Lipinski definition) is 1. The average molecular weight is 202 g/mol. The maximum atomic E-state index is 5.85. The first-order valence-corrected chi connectivity index (χ1v) is 6.17. The van der Waals surface area contributed by atoms with Gasteiger partial charge in [0.05, 0.1) is 6.61 Å². The summed E-state index contributed by atoms with van der Waals surface area (Å²) < 4.78 is 5.85. The van der Waals surface area contributed by atoms with Gasteiger partial charge in [-0.05, 0) is 36.3 Å². The van der Waals surface area contributed by atoms with E-state index in [1.54, 1.807) is 0 Å². The maximum Gasteiger partial charge on any atom is 0.122 e. The van der Waals surface area contributed by atoms with Gasteiger partial charge in [-0.3, -0.25) is 0 Å². The molecule has 80 valence electrons. The van der Waals surface area contributed by atoms with E-state index in [9.17, 15) is 0 Å². The molecule has 15 heavy (non-hydrogen) atoms. The number of hydrogen-bond donors (Lipinski definition) is 0. The van der Waals surface area contributed by atoms with E-state index in [1.165, 1.54) is 37.7 Å². The highest BCUT2D eigenvalue weighted by Crippen LogP contribution is 2.43. The number of ether oxygens (including phenoxy) is 1. The van der Waals surface area contributed by atoms with Crippen LogP contribution in [0.2, 0.25) is 0 Å². The van der Waals surface area contributed by atoms with Gasteiger partial charge in [-0.2, -0.15) is 0 Å². The van der Waals surface area contributed by atoms with Crippen molar-refractivity contribution in [2.45, 2.75) is 38.0 Å². The smallest absolute Gasteiger partial charge is 0.122 e. The van der Waals surface area contributed by atoms with Gasteiger partial charge in [-0.25, -0.2) is 0 Å². The molecular weight excluding hydrogens is 184 g/mol. The first-order chi connectivity index (χ1) is 7.45. The first kappa shape index (κ1) is 9.26.